The molecule has 0 bridgehead atoms. The number of ether oxygens (including phenoxy) is 2. The van der Waals surface area contributed by atoms with Crippen LogP contribution in [0.3, 0.4) is 0 Å². The van der Waals surface area contributed by atoms with Gasteiger partial charge in [-0.25, -0.2) is 4.98 Å². The number of thiazole rings is 1. The van der Waals surface area contributed by atoms with Crippen LogP contribution in [0.4, 0.5) is 23.0 Å². The van der Waals surface area contributed by atoms with E-state index in [2.05, 4.69) is 51.3 Å². The van der Waals surface area contributed by atoms with Crippen LogP contribution in [0.5, 0.6) is 11.5 Å². The minimum atomic E-state index is 0.262. The zero-order chi connectivity index (χ0) is 22.8. The summed E-state index contributed by atoms with van der Waals surface area (Å²) in [6.45, 7) is 8.81. The first-order chi connectivity index (χ1) is 16.0. The molecule has 0 radical (unpaired) electrons. The van der Waals surface area contributed by atoms with Gasteiger partial charge in [-0.2, -0.15) is 15.0 Å². The van der Waals surface area contributed by atoms with E-state index >= 15 is 0 Å². The van der Waals surface area contributed by atoms with Crippen molar-refractivity contribution in [2.75, 3.05) is 55.6 Å². The van der Waals surface area contributed by atoms with Crippen molar-refractivity contribution in [3.63, 3.8) is 0 Å². The Kier molecular flexibility index (Phi) is 6.14. The zero-order valence-corrected chi connectivity index (χ0v) is 19.9. The van der Waals surface area contributed by atoms with E-state index in [0.29, 0.717) is 30.3 Å². The number of hydrogen-bond acceptors (Lipinski definition) is 11. The number of piperazine rings is 1. The molecule has 2 aromatic heterocycles. The quantitative estimate of drug-likeness (QED) is 0.537. The first-order valence-electron chi connectivity index (χ1n) is 11.1. The average molecular weight is 469 g/mol. The molecule has 11 heteroatoms. The second-order valence-corrected chi connectivity index (χ2v) is 9.52. The number of likely N-dealkylation sites (N-methyl/N-ethyl adjacent to an activating group) is 1. The molecule has 0 spiro atoms. The van der Waals surface area contributed by atoms with Crippen LogP contribution in [0.15, 0.2) is 24.4 Å². The molecule has 5 rings (SSSR count). The molecule has 174 valence electrons. The van der Waals surface area contributed by atoms with Crippen molar-refractivity contribution < 1.29 is 9.47 Å². The molecule has 0 atom stereocenters. The predicted octanol–water partition coefficient (Wildman–Crippen LogP) is 3.29. The lowest BCUT2D eigenvalue weighted by atomic mass is 10.2. The third-order valence-electron chi connectivity index (χ3n) is 5.61. The first kappa shape index (κ1) is 21.7. The highest BCUT2D eigenvalue weighted by Gasteiger charge is 2.19. The van der Waals surface area contributed by atoms with Crippen LogP contribution in [-0.4, -0.2) is 64.9 Å². The summed E-state index contributed by atoms with van der Waals surface area (Å²) in [5.41, 5.74) is 1.05. The van der Waals surface area contributed by atoms with Crippen molar-refractivity contribution in [3.8, 4) is 11.5 Å². The van der Waals surface area contributed by atoms with E-state index in [4.69, 9.17) is 19.4 Å². The van der Waals surface area contributed by atoms with Crippen LogP contribution in [0.25, 0.3) is 0 Å². The Morgan fingerprint density at radius 3 is 2.61 bits per heavy atom. The van der Waals surface area contributed by atoms with Gasteiger partial charge in [-0.3, -0.25) is 5.32 Å². The van der Waals surface area contributed by atoms with Gasteiger partial charge in [0.05, 0.1) is 0 Å². The molecule has 2 N–H and O–H groups in total. The summed E-state index contributed by atoms with van der Waals surface area (Å²) < 4.78 is 10.9. The van der Waals surface area contributed by atoms with Gasteiger partial charge < -0.3 is 24.6 Å². The molecule has 0 aliphatic carbocycles. The molecule has 1 saturated heterocycles. The molecule has 33 heavy (non-hydrogen) atoms. The summed E-state index contributed by atoms with van der Waals surface area (Å²) >= 11 is 1.62. The fourth-order valence-electron chi connectivity index (χ4n) is 3.59. The summed E-state index contributed by atoms with van der Waals surface area (Å²) in [5.74, 6) is 3.62. The highest BCUT2D eigenvalue weighted by Crippen LogP contribution is 2.33. The van der Waals surface area contributed by atoms with E-state index in [1.165, 1.54) is 4.88 Å². The summed E-state index contributed by atoms with van der Waals surface area (Å²) in [4.78, 5) is 24.2. The van der Waals surface area contributed by atoms with Crippen LogP contribution in [0.1, 0.15) is 30.2 Å². The second kappa shape index (κ2) is 9.36. The maximum absolute atomic E-state index is 5.48. The number of nitrogens with one attached hydrogen (secondary N) is 2. The number of anilines is 4. The van der Waals surface area contributed by atoms with Crippen molar-refractivity contribution in [2.24, 2.45) is 0 Å². The summed E-state index contributed by atoms with van der Waals surface area (Å²) in [5, 5.41) is 7.38. The molecular formula is C22H28N8O2S. The Morgan fingerprint density at radius 1 is 1.03 bits per heavy atom. The van der Waals surface area contributed by atoms with Gasteiger partial charge in [0.15, 0.2) is 16.6 Å². The van der Waals surface area contributed by atoms with Crippen molar-refractivity contribution in [1.29, 1.82) is 0 Å². The number of rotatable bonds is 7. The van der Waals surface area contributed by atoms with E-state index in [-0.39, 0.29) is 6.79 Å². The fourth-order valence-corrected chi connectivity index (χ4v) is 4.40. The smallest absolute Gasteiger partial charge is 0.235 e. The van der Waals surface area contributed by atoms with E-state index in [9.17, 15) is 0 Å². The van der Waals surface area contributed by atoms with Crippen LogP contribution < -0.4 is 25.0 Å². The molecular weight excluding hydrogens is 440 g/mol. The lowest BCUT2D eigenvalue weighted by Gasteiger charge is -2.32. The number of aromatic nitrogens is 4. The molecule has 2 aliphatic rings. The van der Waals surface area contributed by atoms with Crippen LogP contribution >= 0.6 is 11.3 Å². The van der Waals surface area contributed by atoms with Gasteiger partial charge in [0, 0.05) is 43.8 Å². The molecule has 2 aliphatic heterocycles. The molecule has 0 saturated carbocycles. The third-order valence-corrected chi connectivity index (χ3v) is 6.82. The monoisotopic (exact) mass is 468 g/mol. The Hall–Kier alpha value is -3.18. The standard InChI is InChI=1S/C22H28N8O2S/c1-14(2)18-12-24-22(33-18)28-20-25-19(26-21(27-20)30-8-6-29(3)7-9-30)23-11-15-4-5-16-17(10-15)32-13-31-16/h4-5,10,12,14H,6-9,11,13H2,1-3H3,(H2,23,24,25,26,27,28). The Labute approximate surface area is 197 Å². The summed E-state index contributed by atoms with van der Waals surface area (Å²) in [7, 11) is 2.13. The zero-order valence-electron chi connectivity index (χ0n) is 19.0. The Morgan fingerprint density at radius 2 is 1.82 bits per heavy atom. The maximum atomic E-state index is 5.48. The molecule has 3 aromatic rings. The van der Waals surface area contributed by atoms with E-state index in [0.717, 1.165) is 48.4 Å². The van der Waals surface area contributed by atoms with Gasteiger partial charge in [0.25, 0.3) is 0 Å². The topological polar surface area (TPSA) is 101 Å². The molecule has 1 fully saturated rings. The lowest BCUT2D eigenvalue weighted by molar-refractivity contribution is 0.174. The minimum Gasteiger partial charge on any atom is -0.454 e. The number of benzene rings is 1. The van der Waals surface area contributed by atoms with Crippen LogP contribution in [0, 0.1) is 0 Å². The Bertz CT molecular complexity index is 1110. The second-order valence-electron chi connectivity index (χ2n) is 8.46. The van der Waals surface area contributed by atoms with Crippen molar-refractivity contribution >= 4 is 34.3 Å². The number of hydrogen-bond donors (Lipinski definition) is 2. The van der Waals surface area contributed by atoms with Crippen molar-refractivity contribution in [3.05, 3.63) is 34.8 Å². The van der Waals surface area contributed by atoms with Crippen LogP contribution in [0.2, 0.25) is 0 Å². The lowest BCUT2D eigenvalue weighted by Crippen LogP contribution is -2.45. The molecule has 0 amide bonds. The van der Waals surface area contributed by atoms with Gasteiger partial charge in [-0.15, -0.1) is 11.3 Å². The summed E-state index contributed by atoms with van der Waals surface area (Å²) in [6.07, 6.45) is 1.90. The number of fused-ring (bicyclic) bond motifs is 1. The molecule has 1 aromatic carbocycles. The van der Waals surface area contributed by atoms with Gasteiger partial charge in [0.1, 0.15) is 0 Å². The molecule has 4 heterocycles. The van der Waals surface area contributed by atoms with E-state index in [1.54, 1.807) is 11.3 Å². The minimum absolute atomic E-state index is 0.262. The number of nitrogens with zero attached hydrogens (tertiary/aromatic N) is 6. The van der Waals surface area contributed by atoms with Gasteiger partial charge in [-0.05, 0) is 30.7 Å². The van der Waals surface area contributed by atoms with Crippen LogP contribution in [-0.2, 0) is 6.54 Å². The van der Waals surface area contributed by atoms with E-state index < -0.39 is 0 Å². The SMILES string of the molecule is CC(C)c1cnc(Nc2nc(NCc3ccc4c(c3)OCO4)nc(N3CCN(C)CC3)n2)s1. The normalized spacial score (nSPS) is 15.8. The Balaban J connectivity index is 1.36. The van der Waals surface area contributed by atoms with Crippen molar-refractivity contribution in [2.45, 2.75) is 26.3 Å². The predicted molar refractivity (Wildman–Crippen MR) is 129 cm³/mol. The van der Waals surface area contributed by atoms with Crippen molar-refractivity contribution in [1.82, 2.24) is 24.8 Å². The largest absolute Gasteiger partial charge is 0.454 e. The van der Waals surface area contributed by atoms with Gasteiger partial charge in [0.2, 0.25) is 24.6 Å². The van der Waals surface area contributed by atoms with Gasteiger partial charge in [-0.1, -0.05) is 19.9 Å². The first-order valence-corrected chi connectivity index (χ1v) is 11.9. The maximum Gasteiger partial charge on any atom is 0.235 e. The fraction of sp³-hybridized carbons (Fsp3) is 0.455. The summed E-state index contributed by atoms with van der Waals surface area (Å²) in [6, 6.07) is 5.90. The highest BCUT2D eigenvalue weighted by atomic mass is 32.1. The average Bonchev–Trinajstić information content (AvgIpc) is 3.47. The molecule has 10 nitrogen and oxygen atoms in total. The van der Waals surface area contributed by atoms with Gasteiger partial charge >= 0.3 is 0 Å². The van der Waals surface area contributed by atoms with E-state index in [1.807, 2.05) is 24.4 Å². The highest BCUT2D eigenvalue weighted by molar-refractivity contribution is 7.15. The third kappa shape index (κ3) is 5.09. The molecule has 0 unspecified atom stereocenters.